The molecule has 1 unspecified atom stereocenters. The van der Waals surface area contributed by atoms with Crippen LogP contribution in [0.3, 0.4) is 0 Å². The summed E-state index contributed by atoms with van der Waals surface area (Å²) in [6, 6.07) is 6.18. The Labute approximate surface area is 101 Å². The van der Waals surface area contributed by atoms with Crippen LogP contribution in [0.2, 0.25) is 5.02 Å². The monoisotopic (exact) mass is 241 g/mol. The van der Waals surface area contributed by atoms with Gasteiger partial charge in [0.1, 0.15) is 0 Å². The van der Waals surface area contributed by atoms with Crippen LogP contribution in [0.15, 0.2) is 18.2 Å². The van der Waals surface area contributed by atoms with E-state index < -0.39 is 0 Å². The Morgan fingerprint density at radius 1 is 1.53 bits per heavy atom. The summed E-state index contributed by atoms with van der Waals surface area (Å²) in [5.74, 6) is 1.23. The van der Waals surface area contributed by atoms with Crippen LogP contribution in [-0.4, -0.2) is 24.1 Å². The molecule has 0 spiro atoms. The molecule has 15 heavy (non-hydrogen) atoms. The van der Waals surface area contributed by atoms with E-state index in [4.69, 9.17) is 11.6 Å². The van der Waals surface area contributed by atoms with Crippen molar-refractivity contribution in [2.75, 3.05) is 18.8 Å². The van der Waals surface area contributed by atoms with E-state index in [0.717, 1.165) is 24.5 Å². The van der Waals surface area contributed by atoms with E-state index in [2.05, 4.69) is 36.1 Å². The summed E-state index contributed by atoms with van der Waals surface area (Å²) in [6.07, 6.45) is 1.13. The predicted octanol–water partition coefficient (Wildman–Crippen LogP) is 2.90. The number of thioether (sulfide) groups is 1. The third-order valence-corrected chi connectivity index (χ3v) is 4.24. The van der Waals surface area contributed by atoms with Gasteiger partial charge in [-0.3, -0.25) is 0 Å². The first-order chi connectivity index (χ1) is 7.25. The van der Waals surface area contributed by atoms with Gasteiger partial charge in [-0.15, -0.1) is 0 Å². The molecule has 0 saturated carbocycles. The molecule has 2 rings (SSSR count). The summed E-state index contributed by atoms with van der Waals surface area (Å²) in [5.41, 5.74) is 2.74. The van der Waals surface area contributed by atoms with E-state index in [1.165, 1.54) is 16.9 Å². The maximum atomic E-state index is 6.01. The van der Waals surface area contributed by atoms with Gasteiger partial charge in [0.25, 0.3) is 0 Å². The number of halogens is 1. The molecule has 1 aliphatic heterocycles. The maximum Gasteiger partial charge on any atom is 0.0408 e. The average molecular weight is 242 g/mol. The largest absolute Gasteiger partial charge is 0.315 e. The first-order valence-electron chi connectivity index (χ1n) is 5.33. The van der Waals surface area contributed by atoms with Crippen molar-refractivity contribution < 1.29 is 0 Å². The molecule has 0 aliphatic carbocycles. The van der Waals surface area contributed by atoms with Crippen LogP contribution in [-0.2, 0) is 6.42 Å². The Morgan fingerprint density at radius 3 is 3.13 bits per heavy atom. The number of aryl methyl sites for hydroxylation is 1. The molecular formula is C12H16ClNS. The molecule has 1 fully saturated rings. The van der Waals surface area contributed by atoms with Crippen LogP contribution in [0, 0.1) is 6.92 Å². The molecule has 0 amide bonds. The van der Waals surface area contributed by atoms with Crippen molar-refractivity contribution in [3.63, 3.8) is 0 Å². The fourth-order valence-corrected chi connectivity index (χ4v) is 3.18. The Morgan fingerprint density at radius 2 is 2.40 bits per heavy atom. The number of nitrogens with one attached hydrogen (secondary N) is 1. The number of benzene rings is 1. The second-order valence-electron chi connectivity index (χ2n) is 3.97. The molecule has 0 radical (unpaired) electrons. The topological polar surface area (TPSA) is 12.0 Å². The van der Waals surface area contributed by atoms with Crippen LogP contribution in [0.5, 0.6) is 0 Å². The number of rotatable bonds is 2. The number of hydrogen-bond acceptors (Lipinski definition) is 2. The third-order valence-electron chi connectivity index (χ3n) is 2.76. The summed E-state index contributed by atoms with van der Waals surface area (Å²) >= 11 is 8.08. The lowest BCUT2D eigenvalue weighted by Gasteiger charge is -2.23. The molecule has 1 nitrogen and oxygen atoms in total. The predicted molar refractivity (Wildman–Crippen MR) is 69.0 cm³/mol. The highest BCUT2D eigenvalue weighted by Gasteiger charge is 2.14. The third kappa shape index (κ3) is 3.13. The molecule has 1 heterocycles. The van der Waals surface area contributed by atoms with Gasteiger partial charge in [0.15, 0.2) is 0 Å². The van der Waals surface area contributed by atoms with E-state index in [9.17, 15) is 0 Å². The first-order valence-corrected chi connectivity index (χ1v) is 6.76. The van der Waals surface area contributed by atoms with Gasteiger partial charge in [0.05, 0.1) is 0 Å². The molecule has 0 aromatic heterocycles. The molecule has 1 N–H and O–H groups in total. The molecule has 1 atom stereocenters. The molecule has 3 heteroatoms. The summed E-state index contributed by atoms with van der Waals surface area (Å²) in [7, 11) is 0. The second-order valence-corrected chi connectivity index (χ2v) is 5.82. The minimum Gasteiger partial charge on any atom is -0.315 e. The van der Waals surface area contributed by atoms with E-state index in [-0.39, 0.29) is 0 Å². The molecule has 1 aromatic carbocycles. The lowest BCUT2D eigenvalue weighted by molar-refractivity contribution is 0.666. The van der Waals surface area contributed by atoms with Crippen LogP contribution in [0.25, 0.3) is 0 Å². The number of hydrogen-bond donors (Lipinski definition) is 1. The van der Waals surface area contributed by atoms with Crippen LogP contribution in [0.1, 0.15) is 11.1 Å². The zero-order valence-corrected chi connectivity index (χ0v) is 10.5. The Balaban J connectivity index is 2.05. The first kappa shape index (κ1) is 11.3. The van der Waals surface area contributed by atoms with Crippen molar-refractivity contribution in [1.82, 2.24) is 5.32 Å². The minimum atomic E-state index is 0.705. The van der Waals surface area contributed by atoms with Crippen molar-refractivity contribution >= 4 is 23.4 Å². The quantitative estimate of drug-likeness (QED) is 0.855. The SMILES string of the molecule is Cc1ccc(Cl)cc1CC1CNCCS1. The molecule has 82 valence electrons. The zero-order valence-electron chi connectivity index (χ0n) is 8.92. The van der Waals surface area contributed by atoms with Gasteiger partial charge >= 0.3 is 0 Å². The van der Waals surface area contributed by atoms with E-state index >= 15 is 0 Å². The molecule has 0 bridgehead atoms. The lowest BCUT2D eigenvalue weighted by Crippen LogP contribution is -2.33. The van der Waals surface area contributed by atoms with E-state index in [1.54, 1.807) is 0 Å². The summed E-state index contributed by atoms with van der Waals surface area (Å²) in [6.45, 7) is 4.43. The normalized spacial score (nSPS) is 21.6. The van der Waals surface area contributed by atoms with Crippen molar-refractivity contribution in [3.05, 3.63) is 34.3 Å². The molecular weight excluding hydrogens is 226 g/mol. The highest BCUT2D eigenvalue weighted by molar-refractivity contribution is 8.00. The lowest BCUT2D eigenvalue weighted by atomic mass is 10.0. The minimum absolute atomic E-state index is 0.705. The Kier molecular flexibility index (Phi) is 3.95. The van der Waals surface area contributed by atoms with Crippen molar-refractivity contribution in [2.45, 2.75) is 18.6 Å². The van der Waals surface area contributed by atoms with Gasteiger partial charge in [-0.25, -0.2) is 0 Å². The zero-order chi connectivity index (χ0) is 10.7. The van der Waals surface area contributed by atoms with Gasteiger partial charge in [-0.1, -0.05) is 17.7 Å². The van der Waals surface area contributed by atoms with E-state index in [1.807, 2.05) is 6.07 Å². The highest BCUT2D eigenvalue weighted by Crippen LogP contribution is 2.22. The van der Waals surface area contributed by atoms with Gasteiger partial charge in [0, 0.05) is 29.1 Å². The molecule has 1 saturated heterocycles. The Hall–Kier alpha value is -0.180. The molecule has 1 aromatic rings. The molecule has 1 aliphatic rings. The smallest absolute Gasteiger partial charge is 0.0408 e. The summed E-state index contributed by atoms with van der Waals surface area (Å²) in [5, 5.41) is 4.99. The van der Waals surface area contributed by atoms with Crippen molar-refractivity contribution in [2.24, 2.45) is 0 Å². The standard InChI is InChI=1S/C12H16ClNS/c1-9-2-3-11(13)6-10(9)7-12-8-14-4-5-15-12/h2-3,6,12,14H,4-5,7-8H2,1H3. The fourth-order valence-electron chi connectivity index (χ4n) is 1.86. The van der Waals surface area contributed by atoms with Gasteiger partial charge in [-0.05, 0) is 36.6 Å². The van der Waals surface area contributed by atoms with Crippen LogP contribution < -0.4 is 5.32 Å². The average Bonchev–Trinajstić information content (AvgIpc) is 2.25. The van der Waals surface area contributed by atoms with Gasteiger partial charge in [-0.2, -0.15) is 11.8 Å². The van der Waals surface area contributed by atoms with Gasteiger partial charge < -0.3 is 5.32 Å². The maximum absolute atomic E-state index is 6.01. The van der Waals surface area contributed by atoms with Gasteiger partial charge in [0.2, 0.25) is 0 Å². The Bertz CT molecular complexity index is 334. The van der Waals surface area contributed by atoms with E-state index in [0.29, 0.717) is 5.25 Å². The fraction of sp³-hybridized carbons (Fsp3) is 0.500. The second kappa shape index (κ2) is 5.24. The highest BCUT2D eigenvalue weighted by atomic mass is 35.5. The van der Waals surface area contributed by atoms with Crippen molar-refractivity contribution in [3.8, 4) is 0 Å². The summed E-state index contributed by atoms with van der Waals surface area (Å²) < 4.78 is 0. The summed E-state index contributed by atoms with van der Waals surface area (Å²) in [4.78, 5) is 0. The van der Waals surface area contributed by atoms with Crippen LogP contribution in [0.4, 0.5) is 0 Å². The van der Waals surface area contributed by atoms with Crippen molar-refractivity contribution in [1.29, 1.82) is 0 Å². The van der Waals surface area contributed by atoms with Crippen LogP contribution >= 0.6 is 23.4 Å².